The molecule has 6 nitrogen and oxygen atoms in total. The lowest BCUT2D eigenvalue weighted by atomic mass is 9.70. The van der Waals surface area contributed by atoms with E-state index in [1.54, 1.807) is 0 Å². The van der Waals surface area contributed by atoms with E-state index in [4.69, 9.17) is 0 Å². The molecule has 0 radical (unpaired) electrons. The van der Waals surface area contributed by atoms with Crippen LogP contribution in [0.25, 0.3) is 0 Å². The summed E-state index contributed by atoms with van der Waals surface area (Å²) in [4.78, 5) is 38.0. The zero-order valence-electron chi connectivity index (χ0n) is 20.5. The summed E-state index contributed by atoms with van der Waals surface area (Å²) in [6.45, 7) is 3.84. The third kappa shape index (κ3) is 6.89. The van der Waals surface area contributed by atoms with E-state index in [1.165, 1.54) is 44.9 Å². The smallest absolute Gasteiger partial charge is 0.326 e. The van der Waals surface area contributed by atoms with Gasteiger partial charge in [0.2, 0.25) is 11.8 Å². The molecule has 0 aromatic heterocycles. The molecule has 2 atom stereocenters. The van der Waals surface area contributed by atoms with Crippen molar-refractivity contribution in [3.8, 4) is 0 Å². The fourth-order valence-electron chi connectivity index (χ4n) is 6.35. The van der Waals surface area contributed by atoms with Crippen LogP contribution in [0.5, 0.6) is 0 Å². The summed E-state index contributed by atoms with van der Waals surface area (Å²) in [6, 6.07) is -0.903. The highest BCUT2D eigenvalue weighted by atomic mass is 32.1. The number of carboxylic acid groups (broad SMARTS) is 1. The minimum absolute atomic E-state index is 0.0466. The molecule has 7 heteroatoms. The molecule has 3 rings (SSSR count). The van der Waals surface area contributed by atoms with Crippen LogP contribution in [-0.2, 0) is 14.4 Å². The number of thiol groups is 1. The normalized spacial score (nSPS) is 27.6. The minimum Gasteiger partial charge on any atom is -0.480 e. The van der Waals surface area contributed by atoms with Crippen molar-refractivity contribution in [2.75, 3.05) is 0 Å². The summed E-state index contributed by atoms with van der Waals surface area (Å²) < 4.78 is 0. The van der Waals surface area contributed by atoms with Gasteiger partial charge in [-0.1, -0.05) is 71.6 Å². The number of carbonyl (C=O) groups is 3. The number of hydrogen-bond donors (Lipinski definition) is 4. The summed E-state index contributed by atoms with van der Waals surface area (Å²) in [5, 5.41) is 15.1. The molecule has 0 aromatic rings. The van der Waals surface area contributed by atoms with Crippen LogP contribution in [0.1, 0.15) is 104 Å². The topological polar surface area (TPSA) is 95.5 Å². The van der Waals surface area contributed by atoms with Crippen molar-refractivity contribution >= 4 is 30.4 Å². The maximum atomic E-state index is 13.3. The van der Waals surface area contributed by atoms with Crippen LogP contribution >= 0.6 is 12.6 Å². The molecular formula is C26H44N2O4S. The van der Waals surface area contributed by atoms with E-state index in [0.29, 0.717) is 25.2 Å². The second-order valence-corrected chi connectivity index (χ2v) is 11.8. The summed E-state index contributed by atoms with van der Waals surface area (Å²) >= 11 is 4.40. The number of rotatable bonds is 9. The minimum atomic E-state index is -1.01. The van der Waals surface area contributed by atoms with Crippen LogP contribution in [0.2, 0.25) is 0 Å². The van der Waals surface area contributed by atoms with E-state index < -0.39 is 22.8 Å². The summed E-state index contributed by atoms with van der Waals surface area (Å²) in [7, 11) is 0. The maximum Gasteiger partial charge on any atom is 0.326 e. The van der Waals surface area contributed by atoms with E-state index in [-0.39, 0.29) is 17.7 Å². The van der Waals surface area contributed by atoms with E-state index in [9.17, 15) is 19.5 Å². The predicted octanol–water partition coefficient (Wildman–Crippen LogP) is 4.72. The third-order valence-electron chi connectivity index (χ3n) is 8.53. The highest BCUT2D eigenvalue weighted by molar-refractivity contribution is 7.81. The molecule has 0 unspecified atom stereocenters. The van der Waals surface area contributed by atoms with Crippen LogP contribution < -0.4 is 10.6 Å². The van der Waals surface area contributed by atoms with Crippen molar-refractivity contribution in [1.29, 1.82) is 0 Å². The Bertz CT molecular complexity index is 678. The van der Waals surface area contributed by atoms with Crippen LogP contribution in [0, 0.1) is 23.7 Å². The first-order valence-corrected chi connectivity index (χ1v) is 13.8. The van der Waals surface area contributed by atoms with Crippen molar-refractivity contribution in [3.05, 3.63) is 0 Å². The number of amides is 2. The van der Waals surface area contributed by atoms with Crippen LogP contribution in [-0.4, -0.2) is 39.7 Å². The monoisotopic (exact) mass is 480 g/mol. The average Bonchev–Trinajstić information content (AvgIpc) is 3.28. The van der Waals surface area contributed by atoms with Gasteiger partial charge in [0.05, 0.1) is 5.25 Å². The molecule has 3 saturated carbocycles. The highest BCUT2D eigenvalue weighted by Crippen LogP contribution is 2.41. The van der Waals surface area contributed by atoms with Gasteiger partial charge in [0, 0.05) is 0 Å². The molecule has 0 bridgehead atoms. The Morgan fingerprint density at radius 3 is 2.03 bits per heavy atom. The largest absolute Gasteiger partial charge is 0.480 e. The van der Waals surface area contributed by atoms with Crippen LogP contribution in [0.15, 0.2) is 0 Å². The van der Waals surface area contributed by atoms with Gasteiger partial charge in [0.15, 0.2) is 0 Å². The first kappa shape index (κ1) is 26.4. The quantitative estimate of drug-likeness (QED) is 0.359. The van der Waals surface area contributed by atoms with E-state index in [1.807, 2.05) is 13.8 Å². The van der Waals surface area contributed by atoms with Crippen molar-refractivity contribution < 1.29 is 19.5 Å². The van der Waals surface area contributed by atoms with Crippen LogP contribution in [0.3, 0.4) is 0 Å². The molecular weight excluding hydrogens is 436 g/mol. The van der Waals surface area contributed by atoms with Crippen LogP contribution in [0.4, 0.5) is 0 Å². The Kier molecular flexibility index (Phi) is 9.54. The fraction of sp³-hybridized carbons (Fsp3) is 0.885. The Balaban J connectivity index is 1.56. The molecule has 0 spiro atoms. The van der Waals surface area contributed by atoms with Gasteiger partial charge in [0.25, 0.3) is 0 Å². The van der Waals surface area contributed by atoms with Gasteiger partial charge in [-0.05, 0) is 55.8 Å². The molecule has 3 aliphatic rings. The van der Waals surface area contributed by atoms with Crippen molar-refractivity contribution in [2.45, 2.75) is 121 Å². The lowest BCUT2D eigenvalue weighted by Crippen LogP contribution is -2.61. The molecule has 0 aliphatic heterocycles. The van der Waals surface area contributed by atoms with E-state index in [2.05, 4.69) is 23.3 Å². The van der Waals surface area contributed by atoms with Gasteiger partial charge >= 0.3 is 5.97 Å². The molecule has 0 saturated heterocycles. The van der Waals surface area contributed by atoms with Gasteiger partial charge in [-0.15, -0.1) is 0 Å². The van der Waals surface area contributed by atoms with E-state index >= 15 is 0 Å². The van der Waals surface area contributed by atoms with Crippen molar-refractivity contribution in [3.63, 3.8) is 0 Å². The summed E-state index contributed by atoms with van der Waals surface area (Å²) in [6.07, 6.45) is 14.6. The first-order valence-electron chi connectivity index (χ1n) is 13.3. The fourth-order valence-corrected chi connectivity index (χ4v) is 6.42. The molecule has 3 aliphatic carbocycles. The maximum absolute atomic E-state index is 13.3. The Morgan fingerprint density at radius 2 is 1.48 bits per heavy atom. The number of hydrogen-bond acceptors (Lipinski definition) is 4. The van der Waals surface area contributed by atoms with Crippen molar-refractivity contribution in [2.24, 2.45) is 23.7 Å². The number of carbonyl (C=O) groups excluding carboxylic acids is 2. The van der Waals surface area contributed by atoms with Crippen molar-refractivity contribution in [1.82, 2.24) is 10.6 Å². The molecule has 0 aromatic carbocycles. The molecule has 188 valence electrons. The molecule has 0 heterocycles. The summed E-state index contributed by atoms with van der Waals surface area (Å²) in [5.74, 6) is 0.465. The second kappa shape index (κ2) is 11.9. The predicted molar refractivity (Wildman–Crippen MR) is 133 cm³/mol. The van der Waals surface area contributed by atoms with E-state index in [0.717, 1.165) is 37.5 Å². The third-order valence-corrected chi connectivity index (χ3v) is 9.37. The Labute approximate surface area is 204 Å². The molecule has 3 N–H and O–H groups in total. The first-order chi connectivity index (χ1) is 15.7. The lowest BCUT2D eigenvalue weighted by molar-refractivity contribution is -0.144. The standard InChI is InChI=1S/C26H44N2O4S/c1-17(2)22(33)23(29)28-26(14-6-7-15-26)25(32)27-21(24(30)31)16-18-10-12-20(13-11-18)19-8-4-3-5-9-19/h17-22,33H,3-16H2,1-2H3,(H,27,32)(H,28,29)(H,30,31)/t18?,20?,21-,22-/m1/s1. The lowest BCUT2D eigenvalue weighted by Gasteiger charge is -2.37. The zero-order chi connectivity index (χ0) is 24.0. The van der Waals surface area contributed by atoms with Gasteiger partial charge in [-0.2, -0.15) is 12.6 Å². The SMILES string of the molecule is CC(C)[C@@H](S)C(=O)NC1(C(=O)N[C@H](CC2CCC(C3CCCCC3)CC2)C(=O)O)CCCC1. The number of nitrogens with one attached hydrogen (secondary N) is 2. The number of aliphatic carboxylic acids is 1. The Hall–Kier alpha value is -1.24. The van der Waals surface area contributed by atoms with Gasteiger partial charge in [-0.3, -0.25) is 9.59 Å². The second-order valence-electron chi connectivity index (χ2n) is 11.2. The average molecular weight is 481 g/mol. The zero-order valence-corrected chi connectivity index (χ0v) is 21.4. The molecule has 33 heavy (non-hydrogen) atoms. The molecule has 2 amide bonds. The van der Waals surface area contributed by atoms with Gasteiger partial charge in [0.1, 0.15) is 11.6 Å². The van der Waals surface area contributed by atoms with Gasteiger partial charge in [-0.25, -0.2) is 4.79 Å². The Morgan fingerprint density at radius 1 is 0.909 bits per heavy atom. The number of carboxylic acids is 1. The summed E-state index contributed by atoms with van der Waals surface area (Å²) in [5.41, 5.74) is -1.01. The highest BCUT2D eigenvalue weighted by Gasteiger charge is 2.45. The molecule has 3 fully saturated rings. The van der Waals surface area contributed by atoms with Gasteiger partial charge < -0.3 is 15.7 Å².